The van der Waals surface area contributed by atoms with Crippen molar-refractivity contribution in [2.75, 3.05) is 19.7 Å². The molecule has 1 unspecified atom stereocenters. The quantitative estimate of drug-likeness (QED) is 0.452. The largest absolute Gasteiger partial charge is 0.395 e. The predicted octanol–water partition coefficient (Wildman–Crippen LogP) is -1.23. The van der Waals surface area contributed by atoms with Gasteiger partial charge < -0.3 is 16.2 Å². The van der Waals surface area contributed by atoms with Gasteiger partial charge in [-0.25, -0.2) is 0 Å². The molecule has 4 atom stereocenters. The zero-order valence-corrected chi connectivity index (χ0v) is 5.96. The molecule has 0 amide bonds. The number of hydrogen-bond donors (Lipinski definition) is 3. The van der Waals surface area contributed by atoms with E-state index in [1.165, 1.54) is 0 Å². The van der Waals surface area contributed by atoms with Crippen molar-refractivity contribution in [3.63, 3.8) is 0 Å². The normalized spacial score (nSPS) is 51.0. The number of hydrogen-bond acceptors (Lipinski definition) is 3. The Morgan fingerprint density at radius 3 is 2.90 bits per heavy atom. The van der Waals surface area contributed by atoms with Crippen molar-refractivity contribution in [2.24, 2.45) is 23.5 Å². The van der Waals surface area contributed by atoms with E-state index in [2.05, 4.69) is 5.32 Å². The Kier molecular flexibility index (Phi) is 1.44. The Morgan fingerprint density at radius 2 is 2.40 bits per heavy atom. The first-order valence-corrected chi connectivity index (χ1v) is 3.92. The molecular formula is C7H14N2O. The summed E-state index contributed by atoms with van der Waals surface area (Å²) in [6.45, 7) is 2.14. The fourth-order valence-corrected chi connectivity index (χ4v) is 2.30. The Hall–Kier alpha value is -0.120. The highest BCUT2D eigenvalue weighted by Gasteiger charge is 2.56. The van der Waals surface area contributed by atoms with Gasteiger partial charge in [0.25, 0.3) is 0 Å². The average Bonchev–Trinajstić information content (AvgIpc) is 2.51. The van der Waals surface area contributed by atoms with Gasteiger partial charge in [-0.2, -0.15) is 0 Å². The van der Waals surface area contributed by atoms with Crippen LogP contribution in [0.5, 0.6) is 0 Å². The second-order valence-electron chi connectivity index (χ2n) is 3.34. The van der Waals surface area contributed by atoms with Crippen molar-refractivity contribution >= 4 is 0 Å². The zero-order chi connectivity index (χ0) is 7.14. The minimum Gasteiger partial charge on any atom is -0.395 e. The topological polar surface area (TPSA) is 58.3 Å². The van der Waals surface area contributed by atoms with Crippen LogP contribution in [0.2, 0.25) is 0 Å². The van der Waals surface area contributed by atoms with Crippen molar-refractivity contribution in [3.8, 4) is 0 Å². The molecule has 2 rings (SSSR count). The molecule has 0 spiro atoms. The van der Waals surface area contributed by atoms with E-state index < -0.39 is 0 Å². The number of fused-ring (bicyclic) bond motifs is 1. The predicted molar refractivity (Wildman–Crippen MR) is 38.4 cm³/mol. The second kappa shape index (κ2) is 2.19. The van der Waals surface area contributed by atoms with Gasteiger partial charge in [0, 0.05) is 6.04 Å². The first-order valence-electron chi connectivity index (χ1n) is 3.92. The molecule has 1 aliphatic heterocycles. The number of nitrogens with one attached hydrogen (secondary N) is 1. The van der Waals surface area contributed by atoms with Crippen LogP contribution in [-0.2, 0) is 0 Å². The molecule has 3 heteroatoms. The first-order chi connectivity index (χ1) is 4.88. The van der Waals surface area contributed by atoms with Gasteiger partial charge in [-0.3, -0.25) is 0 Å². The lowest BCUT2D eigenvalue weighted by molar-refractivity contribution is 0.236. The Balaban J connectivity index is 1.94. The van der Waals surface area contributed by atoms with Crippen molar-refractivity contribution in [2.45, 2.75) is 6.04 Å². The second-order valence-corrected chi connectivity index (χ2v) is 3.34. The maximum absolute atomic E-state index is 8.87. The lowest BCUT2D eigenvalue weighted by Gasteiger charge is -2.10. The molecule has 2 aliphatic rings. The molecule has 2 fully saturated rings. The van der Waals surface area contributed by atoms with Crippen LogP contribution in [-0.4, -0.2) is 30.8 Å². The highest BCUT2D eigenvalue weighted by Crippen LogP contribution is 2.50. The summed E-state index contributed by atoms with van der Waals surface area (Å²) < 4.78 is 0. The van der Waals surface area contributed by atoms with E-state index in [1.807, 2.05) is 0 Å². The maximum Gasteiger partial charge on any atom is 0.0587 e. The summed E-state index contributed by atoms with van der Waals surface area (Å²) in [7, 11) is 0. The minimum atomic E-state index is 0.275. The summed E-state index contributed by atoms with van der Waals surface area (Å²) in [5.74, 6) is 2.18. The van der Waals surface area contributed by atoms with E-state index in [0.29, 0.717) is 17.9 Å². The van der Waals surface area contributed by atoms with Gasteiger partial charge in [-0.05, 0) is 30.8 Å². The molecule has 1 saturated carbocycles. The molecule has 3 nitrogen and oxygen atoms in total. The van der Waals surface area contributed by atoms with Gasteiger partial charge in [0.2, 0.25) is 0 Å². The summed E-state index contributed by atoms with van der Waals surface area (Å²) >= 11 is 0. The van der Waals surface area contributed by atoms with Crippen LogP contribution in [0.4, 0.5) is 0 Å². The standard InChI is InChI=1S/C7H14N2O/c8-1-4-5-2-9-6(3-10)7(4)5/h4-7,9-10H,1-3,8H2/t4-,5?,6-,7+/m1/s1. The zero-order valence-electron chi connectivity index (χ0n) is 5.96. The molecule has 4 N–H and O–H groups in total. The molecule has 0 bridgehead atoms. The molecule has 0 aromatic rings. The van der Waals surface area contributed by atoms with E-state index >= 15 is 0 Å². The van der Waals surface area contributed by atoms with Crippen LogP contribution in [0.3, 0.4) is 0 Å². The van der Waals surface area contributed by atoms with E-state index in [9.17, 15) is 0 Å². The van der Waals surface area contributed by atoms with Gasteiger partial charge >= 0.3 is 0 Å². The van der Waals surface area contributed by atoms with Crippen LogP contribution < -0.4 is 11.1 Å². The third-order valence-electron chi connectivity index (χ3n) is 2.95. The summed E-state index contributed by atoms with van der Waals surface area (Å²) in [5.41, 5.74) is 5.53. The maximum atomic E-state index is 8.87. The number of aliphatic hydroxyl groups is 1. The lowest BCUT2D eigenvalue weighted by atomic mass is 10.2. The summed E-state index contributed by atoms with van der Waals surface area (Å²) in [5, 5.41) is 12.1. The van der Waals surface area contributed by atoms with Crippen LogP contribution in [0, 0.1) is 17.8 Å². The van der Waals surface area contributed by atoms with Gasteiger partial charge in [0.05, 0.1) is 6.61 Å². The summed E-state index contributed by atoms with van der Waals surface area (Å²) in [6, 6.07) is 0.346. The van der Waals surface area contributed by atoms with Crippen molar-refractivity contribution in [3.05, 3.63) is 0 Å². The van der Waals surface area contributed by atoms with Crippen molar-refractivity contribution in [1.29, 1.82) is 0 Å². The Bertz CT molecular complexity index is 136. The fourth-order valence-electron chi connectivity index (χ4n) is 2.30. The van der Waals surface area contributed by atoms with Crippen LogP contribution in [0.1, 0.15) is 0 Å². The molecule has 0 radical (unpaired) electrons. The highest BCUT2D eigenvalue weighted by molar-refractivity contribution is 5.09. The number of aliphatic hydroxyl groups excluding tert-OH is 1. The third kappa shape index (κ3) is 0.713. The SMILES string of the molecule is NC[C@@H]1C2CN[C@H](CO)[C@H]21. The van der Waals surface area contributed by atoms with Gasteiger partial charge in [0.1, 0.15) is 0 Å². The van der Waals surface area contributed by atoms with Gasteiger partial charge in [0.15, 0.2) is 0 Å². The lowest BCUT2D eigenvalue weighted by Crippen LogP contribution is -2.32. The molecule has 10 heavy (non-hydrogen) atoms. The smallest absolute Gasteiger partial charge is 0.0587 e. The molecular weight excluding hydrogens is 128 g/mol. The average molecular weight is 142 g/mol. The van der Waals surface area contributed by atoms with Gasteiger partial charge in [-0.1, -0.05) is 0 Å². The minimum absolute atomic E-state index is 0.275. The molecule has 0 aromatic heterocycles. The van der Waals surface area contributed by atoms with E-state index in [4.69, 9.17) is 10.8 Å². The molecule has 1 heterocycles. The van der Waals surface area contributed by atoms with Crippen molar-refractivity contribution < 1.29 is 5.11 Å². The monoisotopic (exact) mass is 142 g/mol. The van der Waals surface area contributed by atoms with Gasteiger partial charge in [-0.15, -0.1) is 0 Å². The summed E-state index contributed by atoms with van der Waals surface area (Å²) in [6.07, 6.45) is 0. The number of nitrogens with two attached hydrogens (primary N) is 1. The van der Waals surface area contributed by atoms with E-state index in [-0.39, 0.29) is 6.61 Å². The number of rotatable bonds is 2. The van der Waals surface area contributed by atoms with Crippen molar-refractivity contribution in [1.82, 2.24) is 5.32 Å². The molecule has 1 aliphatic carbocycles. The third-order valence-corrected chi connectivity index (χ3v) is 2.95. The summed E-state index contributed by atoms with van der Waals surface area (Å²) in [4.78, 5) is 0. The highest BCUT2D eigenvalue weighted by atomic mass is 16.3. The van der Waals surface area contributed by atoms with Crippen LogP contribution in [0.15, 0.2) is 0 Å². The van der Waals surface area contributed by atoms with Crippen LogP contribution in [0.25, 0.3) is 0 Å². The Labute approximate surface area is 60.6 Å². The van der Waals surface area contributed by atoms with E-state index in [0.717, 1.165) is 19.0 Å². The molecule has 0 aromatic carbocycles. The molecule has 1 saturated heterocycles. The van der Waals surface area contributed by atoms with E-state index in [1.54, 1.807) is 0 Å². The Morgan fingerprint density at radius 1 is 1.60 bits per heavy atom. The number of piperidine rings is 1. The first kappa shape index (κ1) is 6.58. The van der Waals surface area contributed by atoms with Crippen LogP contribution >= 0.6 is 0 Å². The molecule has 58 valence electrons. The fraction of sp³-hybridized carbons (Fsp3) is 1.00.